The third-order valence-corrected chi connectivity index (χ3v) is 1.95. The van der Waals surface area contributed by atoms with Gasteiger partial charge in [0.05, 0.1) is 12.5 Å². The van der Waals surface area contributed by atoms with E-state index in [2.05, 4.69) is 20.4 Å². The number of nitrogens with one attached hydrogen (secondary N) is 1. The maximum absolute atomic E-state index is 5.11. The van der Waals surface area contributed by atoms with Crippen LogP contribution >= 0.6 is 0 Å². The van der Waals surface area contributed by atoms with Gasteiger partial charge in [0.1, 0.15) is 5.69 Å². The Bertz CT molecular complexity index is 479. The summed E-state index contributed by atoms with van der Waals surface area (Å²) in [6.07, 6.45) is 3.40. The Balaban J connectivity index is 2.24. The third-order valence-electron chi connectivity index (χ3n) is 1.95. The van der Waals surface area contributed by atoms with Crippen molar-refractivity contribution in [2.45, 2.75) is 26.3 Å². The number of aromatic nitrogens is 4. The Labute approximate surface area is 93.7 Å². The van der Waals surface area contributed by atoms with E-state index in [1.165, 1.54) is 0 Å². The molecule has 86 valence electrons. The Hall–Kier alpha value is -1.85. The van der Waals surface area contributed by atoms with Crippen LogP contribution in [-0.4, -0.2) is 25.2 Å². The van der Waals surface area contributed by atoms with Gasteiger partial charge >= 0.3 is 6.01 Å². The molecule has 0 bridgehead atoms. The molecule has 0 saturated carbocycles. The number of hydrogen-bond acceptors (Lipinski definition) is 5. The first-order chi connectivity index (χ1) is 7.46. The molecule has 2 rings (SSSR count). The molecular formula is C10H15N5O. The van der Waals surface area contributed by atoms with Crippen molar-refractivity contribution in [3.63, 3.8) is 0 Å². The zero-order valence-electron chi connectivity index (χ0n) is 9.85. The van der Waals surface area contributed by atoms with Gasteiger partial charge in [-0.05, 0) is 20.8 Å². The molecule has 0 amide bonds. The van der Waals surface area contributed by atoms with E-state index in [-0.39, 0.29) is 5.54 Å². The molecule has 0 aromatic carbocycles. The monoisotopic (exact) mass is 221 g/mol. The molecule has 0 spiro atoms. The lowest BCUT2D eigenvalue weighted by Crippen LogP contribution is -2.26. The zero-order valence-corrected chi connectivity index (χ0v) is 9.85. The molecule has 0 atom stereocenters. The van der Waals surface area contributed by atoms with Gasteiger partial charge in [-0.25, -0.2) is 4.98 Å². The minimum absolute atomic E-state index is 0.101. The van der Waals surface area contributed by atoms with Gasteiger partial charge in [-0.3, -0.25) is 0 Å². The van der Waals surface area contributed by atoms with Crippen LogP contribution in [0.3, 0.4) is 0 Å². The summed E-state index contributed by atoms with van der Waals surface area (Å²) in [4.78, 5) is 8.25. The SMILES string of the molecule is Cn1cncc1-c1noc(NC(C)(C)C)n1. The lowest BCUT2D eigenvalue weighted by atomic mass is 10.1. The fourth-order valence-corrected chi connectivity index (χ4v) is 1.27. The van der Waals surface area contributed by atoms with Gasteiger partial charge in [-0.15, -0.1) is 0 Å². The maximum Gasteiger partial charge on any atom is 0.322 e. The highest BCUT2D eigenvalue weighted by molar-refractivity contribution is 5.49. The summed E-state index contributed by atoms with van der Waals surface area (Å²) < 4.78 is 6.95. The van der Waals surface area contributed by atoms with Crippen molar-refractivity contribution >= 4 is 6.01 Å². The van der Waals surface area contributed by atoms with Crippen molar-refractivity contribution in [2.24, 2.45) is 7.05 Å². The van der Waals surface area contributed by atoms with E-state index < -0.39 is 0 Å². The molecule has 1 N–H and O–H groups in total. The first-order valence-corrected chi connectivity index (χ1v) is 5.04. The van der Waals surface area contributed by atoms with Crippen molar-refractivity contribution in [3.05, 3.63) is 12.5 Å². The van der Waals surface area contributed by atoms with Gasteiger partial charge in [-0.1, -0.05) is 5.16 Å². The van der Waals surface area contributed by atoms with Crippen molar-refractivity contribution in [1.82, 2.24) is 19.7 Å². The summed E-state index contributed by atoms with van der Waals surface area (Å²) in [7, 11) is 1.88. The van der Waals surface area contributed by atoms with Crippen molar-refractivity contribution < 1.29 is 4.52 Å². The number of imidazole rings is 1. The molecular weight excluding hydrogens is 206 g/mol. The van der Waals surface area contributed by atoms with Crippen molar-refractivity contribution in [3.8, 4) is 11.5 Å². The first kappa shape index (κ1) is 10.7. The van der Waals surface area contributed by atoms with E-state index in [4.69, 9.17) is 4.52 Å². The number of rotatable bonds is 2. The van der Waals surface area contributed by atoms with Crippen LogP contribution < -0.4 is 5.32 Å². The van der Waals surface area contributed by atoms with Gasteiger partial charge < -0.3 is 14.4 Å². The molecule has 0 unspecified atom stereocenters. The van der Waals surface area contributed by atoms with E-state index in [9.17, 15) is 0 Å². The molecule has 0 aliphatic rings. The van der Waals surface area contributed by atoms with Crippen molar-refractivity contribution in [1.29, 1.82) is 0 Å². The normalized spacial score (nSPS) is 11.8. The average molecular weight is 221 g/mol. The molecule has 2 aromatic rings. The molecule has 0 aliphatic heterocycles. The van der Waals surface area contributed by atoms with Crippen LogP contribution in [-0.2, 0) is 7.05 Å². The maximum atomic E-state index is 5.11. The van der Waals surface area contributed by atoms with Crippen LogP contribution in [0.25, 0.3) is 11.5 Å². The van der Waals surface area contributed by atoms with Gasteiger partial charge in [0.15, 0.2) is 0 Å². The lowest BCUT2D eigenvalue weighted by Gasteiger charge is -2.17. The lowest BCUT2D eigenvalue weighted by molar-refractivity contribution is 0.420. The second kappa shape index (κ2) is 3.62. The highest BCUT2D eigenvalue weighted by atomic mass is 16.5. The third kappa shape index (κ3) is 2.21. The van der Waals surface area contributed by atoms with E-state index >= 15 is 0 Å². The Morgan fingerprint density at radius 2 is 2.12 bits per heavy atom. The summed E-state index contributed by atoms with van der Waals surface area (Å²) in [5.41, 5.74) is 0.724. The minimum atomic E-state index is -0.101. The number of anilines is 1. The molecule has 0 aliphatic carbocycles. The molecule has 6 nitrogen and oxygen atoms in total. The van der Waals surface area contributed by atoms with Crippen LogP contribution in [0.2, 0.25) is 0 Å². The molecule has 2 aromatic heterocycles. The predicted octanol–water partition coefficient (Wildman–Crippen LogP) is 1.68. The number of aryl methyl sites for hydroxylation is 1. The van der Waals surface area contributed by atoms with Crippen LogP contribution in [0, 0.1) is 0 Å². The molecule has 0 saturated heterocycles. The average Bonchev–Trinajstić information content (AvgIpc) is 2.71. The van der Waals surface area contributed by atoms with Crippen LogP contribution in [0.1, 0.15) is 20.8 Å². The minimum Gasteiger partial charge on any atom is -0.333 e. The Morgan fingerprint density at radius 1 is 1.38 bits per heavy atom. The van der Waals surface area contributed by atoms with Crippen LogP contribution in [0.4, 0.5) is 6.01 Å². The second-order valence-electron chi connectivity index (χ2n) is 4.69. The molecule has 16 heavy (non-hydrogen) atoms. The summed E-state index contributed by atoms with van der Waals surface area (Å²) in [6, 6.07) is 0.420. The van der Waals surface area contributed by atoms with E-state index in [1.54, 1.807) is 12.5 Å². The number of nitrogens with zero attached hydrogens (tertiary/aromatic N) is 4. The zero-order chi connectivity index (χ0) is 11.8. The standard InChI is InChI=1S/C10H15N5O/c1-10(2,3)13-9-12-8(14-16-9)7-5-11-6-15(7)4/h5-6H,1-4H3,(H,12,13,14). The molecule has 6 heteroatoms. The fourth-order valence-electron chi connectivity index (χ4n) is 1.27. The summed E-state index contributed by atoms with van der Waals surface area (Å²) in [5, 5.41) is 7.01. The molecule has 0 radical (unpaired) electrons. The smallest absolute Gasteiger partial charge is 0.322 e. The van der Waals surface area contributed by atoms with Crippen LogP contribution in [0.15, 0.2) is 17.0 Å². The Morgan fingerprint density at radius 3 is 2.69 bits per heavy atom. The van der Waals surface area contributed by atoms with Crippen LogP contribution in [0.5, 0.6) is 0 Å². The molecule has 0 fully saturated rings. The van der Waals surface area contributed by atoms with Gasteiger partial charge in [0.2, 0.25) is 5.82 Å². The summed E-state index contributed by atoms with van der Waals surface area (Å²) in [6.45, 7) is 6.09. The fraction of sp³-hybridized carbons (Fsp3) is 0.500. The quantitative estimate of drug-likeness (QED) is 0.835. The largest absolute Gasteiger partial charge is 0.333 e. The second-order valence-corrected chi connectivity index (χ2v) is 4.69. The van der Waals surface area contributed by atoms with Gasteiger partial charge in [-0.2, -0.15) is 4.98 Å². The van der Waals surface area contributed by atoms with E-state index in [1.807, 2.05) is 32.4 Å². The highest BCUT2D eigenvalue weighted by Crippen LogP contribution is 2.18. The molecule has 2 heterocycles. The first-order valence-electron chi connectivity index (χ1n) is 5.04. The predicted molar refractivity (Wildman–Crippen MR) is 59.9 cm³/mol. The summed E-state index contributed by atoms with van der Waals surface area (Å²) >= 11 is 0. The highest BCUT2D eigenvalue weighted by Gasteiger charge is 2.16. The van der Waals surface area contributed by atoms with E-state index in [0.29, 0.717) is 11.8 Å². The topological polar surface area (TPSA) is 68.8 Å². The van der Waals surface area contributed by atoms with Crippen molar-refractivity contribution in [2.75, 3.05) is 5.32 Å². The summed E-state index contributed by atoms with van der Waals surface area (Å²) in [5.74, 6) is 0.534. The van der Waals surface area contributed by atoms with E-state index in [0.717, 1.165) is 5.69 Å². The van der Waals surface area contributed by atoms with Gasteiger partial charge in [0, 0.05) is 12.6 Å². The van der Waals surface area contributed by atoms with Gasteiger partial charge in [0.25, 0.3) is 0 Å². The number of hydrogen-bond donors (Lipinski definition) is 1. The Kier molecular flexibility index (Phi) is 2.41.